The zero-order valence-electron chi connectivity index (χ0n) is 13.2. The summed E-state index contributed by atoms with van der Waals surface area (Å²) in [6.07, 6.45) is 0.382. The van der Waals surface area contributed by atoms with Gasteiger partial charge in [-0.05, 0) is 39.3 Å². The molecule has 0 saturated heterocycles. The molecule has 0 bridgehead atoms. The van der Waals surface area contributed by atoms with Crippen LogP contribution in [0.5, 0.6) is 0 Å². The molecule has 0 saturated carbocycles. The van der Waals surface area contributed by atoms with Crippen molar-refractivity contribution in [2.45, 2.75) is 43.7 Å². The van der Waals surface area contributed by atoms with Gasteiger partial charge in [0.15, 0.2) is 0 Å². The summed E-state index contributed by atoms with van der Waals surface area (Å²) >= 11 is 1.71. The number of ether oxygens (including phenoxy) is 2. The van der Waals surface area contributed by atoms with Crippen LogP contribution in [0.2, 0.25) is 0 Å². The number of carbonyl (C=O) groups is 1. The molecule has 21 heavy (non-hydrogen) atoms. The maximum atomic E-state index is 11.9. The van der Waals surface area contributed by atoms with Gasteiger partial charge in [-0.15, -0.1) is 11.8 Å². The van der Waals surface area contributed by atoms with Gasteiger partial charge in [0.05, 0.1) is 0 Å². The molecule has 0 aliphatic rings. The minimum atomic E-state index is -0.484. The number of carbonyl (C=O) groups excluding carboxylic acids is 1. The van der Waals surface area contributed by atoms with E-state index in [4.69, 9.17) is 9.47 Å². The predicted molar refractivity (Wildman–Crippen MR) is 86.8 cm³/mol. The lowest BCUT2D eigenvalue weighted by Crippen LogP contribution is -2.41. The van der Waals surface area contributed by atoms with E-state index >= 15 is 0 Å². The number of alkyl carbamates (subject to hydrolysis) is 1. The van der Waals surface area contributed by atoms with Crippen molar-refractivity contribution >= 4 is 17.9 Å². The third-order valence-electron chi connectivity index (χ3n) is 2.59. The molecular weight excluding hydrogens is 286 g/mol. The molecule has 0 heterocycles. The Kier molecular flexibility index (Phi) is 7.61. The minimum absolute atomic E-state index is 0.0185. The third-order valence-corrected chi connectivity index (χ3v) is 3.76. The summed E-state index contributed by atoms with van der Waals surface area (Å²) in [6, 6.07) is 10.1. The Bertz CT molecular complexity index is 417. The molecule has 1 rings (SSSR count). The van der Waals surface area contributed by atoms with Crippen LogP contribution in [-0.4, -0.2) is 37.2 Å². The highest BCUT2D eigenvalue weighted by Crippen LogP contribution is 2.19. The molecule has 1 N–H and O–H groups in total. The maximum Gasteiger partial charge on any atom is 0.407 e. The van der Waals surface area contributed by atoms with E-state index in [1.54, 1.807) is 18.9 Å². The van der Waals surface area contributed by atoms with Crippen LogP contribution in [0.1, 0.15) is 27.2 Å². The molecular formula is C16H25NO3S. The van der Waals surface area contributed by atoms with Crippen molar-refractivity contribution in [3.8, 4) is 0 Å². The number of rotatable bonds is 7. The van der Waals surface area contributed by atoms with Gasteiger partial charge in [-0.2, -0.15) is 0 Å². The van der Waals surface area contributed by atoms with E-state index < -0.39 is 5.60 Å². The largest absolute Gasteiger partial charge is 0.444 e. The van der Waals surface area contributed by atoms with Crippen molar-refractivity contribution in [1.82, 2.24) is 5.32 Å². The van der Waals surface area contributed by atoms with Crippen molar-refractivity contribution in [2.24, 2.45) is 0 Å². The number of hydrogen-bond acceptors (Lipinski definition) is 4. The molecule has 0 radical (unpaired) electrons. The molecule has 0 aromatic heterocycles. The third kappa shape index (κ3) is 8.63. The van der Waals surface area contributed by atoms with Gasteiger partial charge in [-0.1, -0.05) is 18.2 Å². The van der Waals surface area contributed by atoms with Crippen LogP contribution in [0.15, 0.2) is 35.2 Å². The van der Waals surface area contributed by atoms with Crippen LogP contribution in [0.3, 0.4) is 0 Å². The molecule has 1 amide bonds. The average molecular weight is 311 g/mol. The molecule has 0 fully saturated rings. The fourth-order valence-electron chi connectivity index (χ4n) is 1.65. The van der Waals surface area contributed by atoms with Gasteiger partial charge in [0.1, 0.15) is 5.60 Å². The topological polar surface area (TPSA) is 47.6 Å². The summed E-state index contributed by atoms with van der Waals surface area (Å²) in [5.74, 6) is 0.784. The number of hydrogen-bond donors (Lipinski definition) is 1. The van der Waals surface area contributed by atoms with Gasteiger partial charge in [-0.3, -0.25) is 0 Å². The Morgan fingerprint density at radius 2 is 1.95 bits per heavy atom. The molecule has 1 aromatic rings. The Hall–Kier alpha value is -1.20. The van der Waals surface area contributed by atoms with Gasteiger partial charge in [0.25, 0.3) is 0 Å². The van der Waals surface area contributed by atoms with Crippen LogP contribution < -0.4 is 5.32 Å². The first-order valence-corrected chi connectivity index (χ1v) is 8.05. The molecule has 0 aliphatic heterocycles. The van der Waals surface area contributed by atoms with E-state index in [0.29, 0.717) is 6.61 Å². The van der Waals surface area contributed by atoms with Gasteiger partial charge >= 0.3 is 6.09 Å². The van der Waals surface area contributed by atoms with Crippen LogP contribution in [0.25, 0.3) is 0 Å². The Morgan fingerprint density at radius 3 is 2.52 bits per heavy atom. The van der Waals surface area contributed by atoms with Crippen LogP contribution in [0, 0.1) is 0 Å². The van der Waals surface area contributed by atoms with E-state index in [0.717, 1.165) is 12.2 Å². The van der Waals surface area contributed by atoms with Crippen molar-refractivity contribution < 1.29 is 14.3 Å². The van der Waals surface area contributed by atoms with Crippen molar-refractivity contribution in [3.05, 3.63) is 30.3 Å². The highest BCUT2D eigenvalue weighted by Gasteiger charge is 2.19. The van der Waals surface area contributed by atoms with Crippen molar-refractivity contribution in [3.63, 3.8) is 0 Å². The molecule has 0 unspecified atom stereocenters. The normalized spacial score (nSPS) is 12.8. The Morgan fingerprint density at radius 1 is 1.29 bits per heavy atom. The molecule has 1 atom stereocenters. The van der Waals surface area contributed by atoms with E-state index in [-0.39, 0.29) is 12.1 Å². The second-order valence-electron chi connectivity index (χ2n) is 5.75. The maximum absolute atomic E-state index is 11.9. The number of nitrogens with one attached hydrogen (secondary N) is 1. The Balaban J connectivity index is 2.49. The predicted octanol–water partition coefficient (Wildman–Crippen LogP) is 3.71. The summed E-state index contributed by atoms with van der Waals surface area (Å²) in [6.45, 7) is 6.18. The smallest absolute Gasteiger partial charge is 0.407 e. The van der Waals surface area contributed by atoms with E-state index in [2.05, 4.69) is 17.4 Å². The highest BCUT2D eigenvalue weighted by atomic mass is 32.2. The Labute approximate surface area is 131 Å². The van der Waals surface area contributed by atoms with Gasteiger partial charge in [-0.25, -0.2) is 4.79 Å². The first kappa shape index (κ1) is 17.9. The summed E-state index contributed by atoms with van der Waals surface area (Å²) in [5.41, 5.74) is -0.484. The van der Waals surface area contributed by atoms with Crippen LogP contribution in [-0.2, 0) is 9.47 Å². The first-order chi connectivity index (χ1) is 9.90. The van der Waals surface area contributed by atoms with Gasteiger partial charge in [0.2, 0.25) is 0 Å². The molecule has 5 heteroatoms. The summed E-state index contributed by atoms with van der Waals surface area (Å²) in [4.78, 5) is 13.0. The molecule has 0 aliphatic carbocycles. The van der Waals surface area contributed by atoms with Crippen LogP contribution >= 0.6 is 11.8 Å². The van der Waals surface area contributed by atoms with E-state index in [9.17, 15) is 4.79 Å². The number of methoxy groups -OCH3 is 1. The van der Waals surface area contributed by atoms with Gasteiger partial charge in [0, 0.05) is 30.4 Å². The molecule has 4 nitrogen and oxygen atoms in total. The van der Waals surface area contributed by atoms with Gasteiger partial charge < -0.3 is 14.8 Å². The van der Waals surface area contributed by atoms with E-state index in [1.165, 1.54) is 4.90 Å². The lowest BCUT2D eigenvalue weighted by atomic mass is 10.2. The fourth-order valence-corrected chi connectivity index (χ4v) is 2.64. The molecule has 0 spiro atoms. The first-order valence-electron chi connectivity index (χ1n) is 7.07. The molecule has 1 aromatic carbocycles. The second-order valence-corrected chi connectivity index (χ2v) is 6.84. The van der Waals surface area contributed by atoms with E-state index in [1.807, 2.05) is 39.0 Å². The SMILES string of the molecule is COCC[C@H](CSc1ccccc1)NC(=O)OC(C)(C)C. The quantitative estimate of drug-likeness (QED) is 0.780. The number of thioether (sulfide) groups is 1. The lowest BCUT2D eigenvalue weighted by Gasteiger charge is -2.23. The minimum Gasteiger partial charge on any atom is -0.444 e. The molecule has 118 valence electrons. The average Bonchev–Trinajstić information content (AvgIpc) is 2.41. The summed E-state index contributed by atoms with van der Waals surface area (Å²) in [5, 5.41) is 2.92. The van der Waals surface area contributed by atoms with Crippen LogP contribution in [0.4, 0.5) is 4.79 Å². The second kappa shape index (κ2) is 8.95. The summed E-state index contributed by atoms with van der Waals surface area (Å²) in [7, 11) is 1.66. The number of amides is 1. The monoisotopic (exact) mass is 311 g/mol. The lowest BCUT2D eigenvalue weighted by molar-refractivity contribution is 0.0500. The van der Waals surface area contributed by atoms with Crippen molar-refractivity contribution in [1.29, 1.82) is 0 Å². The standard InChI is InChI=1S/C16H25NO3S/c1-16(2,3)20-15(18)17-13(10-11-19-4)12-21-14-8-6-5-7-9-14/h5-9,13H,10-12H2,1-4H3,(H,17,18)/t13-/m1/s1. The van der Waals surface area contributed by atoms with Crippen molar-refractivity contribution in [2.75, 3.05) is 19.5 Å². The number of benzene rings is 1. The zero-order chi connectivity index (χ0) is 15.7. The zero-order valence-corrected chi connectivity index (χ0v) is 14.0. The highest BCUT2D eigenvalue weighted by molar-refractivity contribution is 7.99. The fraction of sp³-hybridized carbons (Fsp3) is 0.562. The summed E-state index contributed by atoms with van der Waals surface area (Å²) < 4.78 is 10.4.